The van der Waals surface area contributed by atoms with Crippen LogP contribution in [0.5, 0.6) is 5.75 Å². The molecule has 3 unspecified atom stereocenters. The maximum atomic E-state index is 14.3. The minimum Gasteiger partial charge on any atom is -0.494 e. The number of ether oxygens (including phenoxy) is 2. The monoisotopic (exact) mass is 623 g/mol. The summed E-state index contributed by atoms with van der Waals surface area (Å²) >= 11 is 0. The quantitative estimate of drug-likeness (QED) is 0.209. The highest BCUT2D eigenvalue weighted by atomic mass is 16.6. The van der Waals surface area contributed by atoms with E-state index in [-0.39, 0.29) is 29.6 Å². The van der Waals surface area contributed by atoms with Crippen molar-refractivity contribution in [3.05, 3.63) is 48.0 Å². The number of alkyl carbamates (subject to hydrolysis) is 1. The molecule has 3 aliphatic carbocycles. The lowest BCUT2D eigenvalue weighted by molar-refractivity contribution is 0.0486. The Bertz CT molecular complexity index is 1820. The molecule has 9 heteroatoms. The minimum atomic E-state index is -0.563. The van der Waals surface area contributed by atoms with Crippen LogP contribution in [0.15, 0.2) is 42.5 Å². The molecule has 2 aromatic heterocycles. The van der Waals surface area contributed by atoms with E-state index >= 15 is 0 Å². The zero-order valence-corrected chi connectivity index (χ0v) is 27.3. The van der Waals surface area contributed by atoms with E-state index in [1.807, 2.05) is 32.9 Å². The number of methoxy groups -OCH3 is 1. The number of ketones is 1. The Morgan fingerprint density at radius 1 is 1.00 bits per heavy atom. The smallest absolute Gasteiger partial charge is 0.407 e. The van der Waals surface area contributed by atoms with Gasteiger partial charge in [-0.25, -0.2) is 9.78 Å². The molecule has 2 bridgehead atoms. The summed E-state index contributed by atoms with van der Waals surface area (Å²) < 4.78 is 16.4. The largest absolute Gasteiger partial charge is 0.494 e. The molecule has 4 aliphatic rings. The Labute approximate surface area is 270 Å². The van der Waals surface area contributed by atoms with Crippen molar-refractivity contribution in [3.63, 3.8) is 0 Å². The van der Waals surface area contributed by atoms with Gasteiger partial charge in [0.2, 0.25) is 0 Å². The predicted octanol–water partition coefficient (Wildman–Crippen LogP) is 6.42. The van der Waals surface area contributed by atoms with Crippen molar-refractivity contribution in [3.8, 4) is 17.3 Å². The van der Waals surface area contributed by atoms with Crippen LogP contribution in [0.2, 0.25) is 0 Å². The Morgan fingerprint density at radius 2 is 1.78 bits per heavy atom. The number of nitrogens with one attached hydrogen (secondary N) is 2. The summed E-state index contributed by atoms with van der Waals surface area (Å²) in [4.78, 5) is 32.2. The fourth-order valence-electron chi connectivity index (χ4n) is 8.30. The zero-order chi connectivity index (χ0) is 31.7. The predicted molar refractivity (Wildman–Crippen MR) is 178 cm³/mol. The molecule has 3 heterocycles. The van der Waals surface area contributed by atoms with Crippen LogP contribution < -0.4 is 15.4 Å². The van der Waals surface area contributed by atoms with E-state index in [1.54, 1.807) is 7.11 Å². The number of hydrogen-bond donors (Lipinski definition) is 2. The van der Waals surface area contributed by atoms with Crippen LogP contribution in [0.25, 0.3) is 33.5 Å². The van der Waals surface area contributed by atoms with Gasteiger partial charge in [0, 0.05) is 60.5 Å². The molecule has 4 fully saturated rings. The van der Waals surface area contributed by atoms with Gasteiger partial charge in [-0.15, -0.1) is 0 Å². The normalized spacial score (nSPS) is 24.4. The third-order valence-electron chi connectivity index (χ3n) is 10.7. The van der Waals surface area contributed by atoms with Crippen molar-refractivity contribution in [1.29, 1.82) is 0 Å². The molecule has 1 saturated heterocycles. The highest BCUT2D eigenvalue weighted by Crippen LogP contribution is 2.50. The van der Waals surface area contributed by atoms with Gasteiger partial charge >= 0.3 is 6.09 Å². The molecule has 1 aliphatic heterocycles. The maximum Gasteiger partial charge on any atom is 0.407 e. The molecule has 9 nitrogen and oxygen atoms in total. The molecular formula is C37H45N5O4. The van der Waals surface area contributed by atoms with Gasteiger partial charge in [-0.05, 0) is 94.9 Å². The van der Waals surface area contributed by atoms with E-state index in [4.69, 9.17) is 14.5 Å². The summed E-state index contributed by atoms with van der Waals surface area (Å²) in [5, 5.41) is 7.76. The summed E-state index contributed by atoms with van der Waals surface area (Å²) in [7, 11) is 1.69. The first kappa shape index (κ1) is 29.5. The fourth-order valence-corrected chi connectivity index (χ4v) is 8.30. The number of carbonyl (C=O) groups is 2. The first-order chi connectivity index (χ1) is 22.2. The molecule has 4 atom stereocenters. The average Bonchev–Trinajstić information content (AvgIpc) is 3.31. The topological polar surface area (TPSA) is 99.4 Å². The van der Waals surface area contributed by atoms with Gasteiger partial charge in [0.1, 0.15) is 16.9 Å². The van der Waals surface area contributed by atoms with E-state index in [2.05, 4.69) is 50.1 Å². The molecule has 8 rings (SSSR count). The summed E-state index contributed by atoms with van der Waals surface area (Å²) in [6.07, 6.45) is 4.87. The van der Waals surface area contributed by atoms with Gasteiger partial charge in [-0.3, -0.25) is 4.79 Å². The number of rotatable bonds is 9. The van der Waals surface area contributed by atoms with Crippen LogP contribution in [0, 0.1) is 29.6 Å². The Balaban J connectivity index is 1.17. The van der Waals surface area contributed by atoms with Crippen molar-refractivity contribution in [2.24, 2.45) is 29.6 Å². The minimum absolute atomic E-state index is 0.0373. The lowest BCUT2D eigenvalue weighted by Crippen LogP contribution is -2.44. The van der Waals surface area contributed by atoms with Crippen LogP contribution in [0.3, 0.4) is 0 Å². The number of aromatic nitrogens is 3. The van der Waals surface area contributed by atoms with Crippen LogP contribution in [0.1, 0.15) is 63.2 Å². The highest BCUT2D eigenvalue weighted by Gasteiger charge is 2.51. The zero-order valence-electron chi connectivity index (χ0n) is 27.3. The molecule has 0 radical (unpaired) electrons. The molecule has 2 aromatic carbocycles. The summed E-state index contributed by atoms with van der Waals surface area (Å²) in [5.41, 5.74) is 4.17. The van der Waals surface area contributed by atoms with Crippen molar-refractivity contribution < 1.29 is 19.1 Å². The maximum absolute atomic E-state index is 14.3. The fraction of sp³-hybridized carbons (Fsp3) is 0.541. The Morgan fingerprint density at radius 3 is 2.50 bits per heavy atom. The second-order valence-electron chi connectivity index (χ2n) is 15.1. The Hall–Kier alpha value is -3.85. The standard InChI is InChI=1S/C37H45N5O4/c1-37(2,3)46-36(44)40-32-24-11-12-26(32)27(13-24)34(43)25-14-28-33(31(16-25)45-4)42(20-22-17-38-18-22)35(39-28)30-15-23-7-5-6-8-29(23)41(30)19-21-9-10-21/h5-8,14-16,21-22,24,26-27,32,38H,9-13,17-20H2,1-4H3,(H,40,44)/t24?,26?,27?,32-/m1/s1. The van der Waals surface area contributed by atoms with Crippen molar-refractivity contribution in [2.45, 2.75) is 77.6 Å². The molecule has 4 aromatic rings. The molecule has 46 heavy (non-hydrogen) atoms. The van der Waals surface area contributed by atoms with Gasteiger partial charge < -0.3 is 29.2 Å². The Kier molecular flexibility index (Phi) is 7.16. The lowest BCUT2D eigenvalue weighted by Gasteiger charge is -2.28. The molecule has 242 valence electrons. The van der Waals surface area contributed by atoms with Gasteiger partial charge in [-0.2, -0.15) is 0 Å². The number of benzene rings is 2. The van der Waals surface area contributed by atoms with Gasteiger partial charge in [0.25, 0.3) is 0 Å². The summed E-state index contributed by atoms with van der Waals surface area (Å²) in [5.74, 6) is 3.18. The third kappa shape index (κ3) is 5.26. The van der Waals surface area contributed by atoms with Crippen molar-refractivity contribution in [2.75, 3.05) is 20.2 Å². The van der Waals surface area contributed by atoms with Crippen LogP contribution in [0.4, 0.5) is 4.79 Å². The molecule has 1 amide bonds. The second kappa shape index (κ2) is 11.1. The summed E-state index contributed by atoms with van der Waals surface area (Å²) in [6.45, 7) is 9.38. The number of nitrogens with zero attached hydrogens (tertiary/aromatic N) is 3. The van der Waals surface area contributed by atoms with E-state index in [0.29, 0.717) is 23.1 Å². The average molecular weight is 624 g/mol. The first-order valence-electron chi connectivity index (χ1n) is 17.1. The summed E-state index contributed by atoms with van der Waals surface area (Å²) in [6, 6.07) is 14.8. The second-order valence-corrected chi connectivity index (χ2v) is 15.1. The third-order valence-corrected chi connectivity index (χ3v) is 10.7. The highest BCUT2D eigenvalue weighted by molar-refractivity contribution is 6.03. The van der Waals surface area contributed by atoms with E-state index < -0.39 is 11.7 Å². The SMILES string of the molecule is COc1cc(C(=O)C2CC3CCC2[C@@H]3NC(=O)OC(C)(C)C)cc2nc(-c3cc4ccccc4n3CC3CC3)n(CC3CNC3)c12. The molecular weight excluding hydrogens is 578 g/mol. The van der Waals surface area contributed by atoms with E-state index in [0.717, 1.165) is 68.0 Å². The first-order valence-corrected chi connectivity index (χ1v) is 17.1. The van der Waals surface area contributed by atoms with Crippen LogP contribution >= 0.6 is 0 Å². The number of para-hydroxylation sites is 1. The number of amides is 1. The number of carbonyl (C=O) groups excluding carboxylic acids is 2. The number of hydrogen-bond acceptors (Lipinski definition) is 6. The van der Waals surface area contributed by atoms with E-state index in [1.165, 1.54) is 23.7 Å². The number of Topliss-reactive ketones (excluding diaryl/α,β-unsaturated/α-hetero) is 1. The van der Waals surface area contributed by atoms with Crippen LogP contribution in [-0.4, -0.2) is 57.8 Å². The number of imidazole rings is 1. The van der Waals surface area contributed by atoms with Crippen molar-refractivity contribution >= 4 is 33.8 Å². The van der Waals surface area contributed by atoms with Gasteiger partial charge in [0.15, 0.2) is 11.6 Å². The molecule has 2 N–H and O–H groups in total. The number of fused-ring (bicyclic) bond motifs is 4. The van der Waals surface area contributed by atoms with Crippen LogP contribution in [-0.2, 0) is 17.8 Å². The molecule has 3 saturated carbocycles. The molecule has 0 spiro atoms. The van der Waals surface area contributed by atoms with Crippen molar-refractivity contribution in [1.82, 2.24) is 24.8 Å². The lowest BCUT2D eigenvalue weighted by atomic mass is 9.83. The van der Waals surface area contributed by atoms with Gasteiger partial charge in [-0.1, -0.05) is 18.2 Å². The van der Waals surface area contributed by atoms with E-state index in [9.17, 15) is 9.59 Å². The van der Waals surface area contributed by atoms with Gasteiger partial charge in [0.05, 0.1) is 18.3 Å².